The van der Waals surface area contributed by atoms with Crippen molar-refractivity contribution >= 4 is 22.1 Å². The van der Waals surface area contributed by atoms with Crippen LogP contribution in [0.5, 0.6) is 0 Å². The van der Waals surface area contributed by atoms with Gasteiger partial charge in [-0.3, -0.25) is 18.7 Å². The molecule has 18 heteroatoms. The zero-order chi connectivity index (χ0) is 41.4. The second-order valence-electron chi connectivity index (χ2n) is 13.0. The highest BCUT2D eigenvalue weighted by molar-refractivity contribution is 5.82. The van der Waals surface area contributed by atoms with Crippen molar-refractivity contribution in [3.63, 3.8) is 0 Å². The molecule has 0 spiro atoms. The highest BCUT2D eigenvalue weighted by atomic mass is 19.1. The summed E-state index contributed by atoms with van der Waals surface area (Å²) in [4.78, 5) is 37.0. The van der Waals surface area contributed by atoms with E-state index in [2.05, 4.69) is 30.3 Å². The summed E-state index contributed by atoms with van der Waals surface area (Å²) in [5, 5.41) is 11.8. The van der Waals surface area contributed by atoms with Crippen LogP contribution >= 0.6 is 0 Å². The summed E-state index contributed by atoms with van der Waals surface area (Å²) >= 11 is 0. The zero-order valence-corrected chi connectivity index (χ0v) is 31.1. The third kappa shape index (κ3) is 7.08. The molecule has 0 atom stereocenters. The molecule has 6 heterocycles. The molecular formula is C40H30F4N10O4. The Morgan fingerprint density at radius 1 is 0.672 bits per heavy atom. The average Bonchev–Trinajstić information content (AvgIpc) is 3.72. The van der Waals surface area contributed by atoms with Crippen molar-refractivity contribution in [2.24, 2.45) is 10.8 Å². The second-order valence-corrected chi connectivity index (χ2v) is 13.0. The van der Waals surface area contributed by atoms with Gasteiger partial charge in [0.15, 0.2) is 10.9 Å². The highest BCUT2D eigenvalue weighted by Crippen LogP contribution is 2.30. The number of aryl methyl sites for hydroxylation is 4. The minimum Gasteiger partial charge on any atom is -0.361 e. The molecule has 0 radical (unpaired) electrons. The van der Waals surface area contributed by atoms with Gasteiger partial charge in [0.05, 0.1) is 62.6 Å². The summed E-state index contributed by atoms with van der Waals surface area (Å²) in [7, 11) is 0. The predicted molar refractivity (Wildman–Crippen MR) is 205 cm³/mol. The minimum absolute atomic E-state index is 0.0285. The summed E-state index contributed by atoms with van der Waals surface area (Å²) in [6.07, 6.45) is 0. The van der Waals surface area contributed by atoms with Crippen LogP contribution in [0.1, 0.15) is 34.3 Å². The Balaban J connectivity index is 0.000000177. The summed E-state index contributed by atoms with van der Waals surface area (Å²) in [6.45, 7) is 6.76. The standard InChI is InChI=1S/C20H14F2N6O2.C20H16F2N4O2/c1-10-19(11(2)30-26-10)16-5-4-14-18(29)8-13(9-24-27-23)28(20(14)25-16)17-6-3-12(21)7-15(17)22;1-10-19(11(2)28-25-10)16-5-4-14-18(27)8-13(9-23)26(20(14)24-16)17-6-3-12(21)7-15(17)22/h3-8H,9H2,1-2H3;3-8H,9,23H2,1-2H3. The molecule has 0 aliphatic heterocycles. The average molecular weight is 791 g/mol. The molecular weight excluding hydrogens is 760 g/mol. The number of aromatic nitrogens is 6. The zero-order valence-electron chi connectivity index (χ0n) is 31.1. The van der Waals surface area contributed by atoms with Crippen molar-refractivity contribution in [3.05, 3.63) is 161 Å². The Kier molecular flexibility index (Phi) is 10.4. The molecule has 14 nitrogen and oxygen atoms in total. The maximum absolute atomic E-state index is 14.7. The van der Waals surface area contributed by atoms with Gasteiger partial charge in [-0.05, 0) is 81.8 Å². The second kappa shape index (κ2) is 15.6. The van der Waals surface area contributed by atoms with Gasteiger partial charge in [0, 0.05) is 47.1 Å². The molecule has 8 rings (SSSR count). The summed E-state index contributed by atoms with van der Waals surface area (Å²) in [5.74, 6) is -1.99. The molecule has 0 unspecified atom stereocenters. The lowest BCUT2D eigenvalue weighted by atomic mass is 10.1. The van der Waals surface area contributed by atoms with Crippen LogP contribution in [0.25, 0.3) is 66.4 Å². The molecule has 0 saturated heterocycles. The molecule has 6 aromatic heterocycles. The monoisotopic (exact) mass is 790 g/mol. The number of hydrogen-bond acceptors (Lipinski definition) is 10. The van der Waals surface area contributed by atoms with Gasteiger partial charge >= 0.3 is 0 Å². The van der Waals surface area contributed by atoms with E-state index in [1.54, 1.807) is 52.0 Å². The van der Waals surface area contributed by atoms with E-state index in [0.29, 0.717) is 51.1 Å². The molecule has 2 N–H and O–H groups in total. The molecule has 2 aromatic carbocycles. The van der Waals surface area contributed by atoms with Crippen LogP contribution in [-0.4, -0.2) is 29.4 Å². The van der Waals surface area contributed by atoms with E-state index in [-0.39, 0.29) is 63.1 Å². The SMILES string of the molecule is Cc1noc(C)c1-c1ccc2c(=O)cc(CN)n(-c3ccc(F)cc3F)c2n1.Cc1noc(C)c1-c1ccc2c(=O)cc(CN=[N+]=[N-])n(-c3ccc(F)cc3F)c2n1. The number of pyridine rings is 4. The Morgan fingerprint density at radius 2 is 1.12 bits per heavy atom. The lowest BCUT2D eigenvalue weighted by molar-refractivity contribution is 0.393. The number of hydrogen-bond donors (Lipinski definition) is 1. The molecule has 292 valence electrons. The summed E-state index contributed by atoms with van der Waals surface area (Å²) in [5.41, 5.74) is 18.4. The Morgan fingerprint density at radius 3 is 1.52 bits per heavy atom. The smallest absolute Gasteiger partial charge is 0.191 e. The topological polar surface area (TPSA) is 197 Å². The van der Waals surface area contributed by atoms with E-state index >= 15 is 0 Å². The first-order valence-corrected chi connectivity index (χ1v) is 17.4. The van der Waals surface area contributed by atoms with Crippen LogP contribution in [0.15, 0.2) is 96.5 Å². The number of benzene rings is 2. The van der Waals surface area contributed by atoms with Crippen molar-refractivity contribution in [3.8, 4) is 33.9 Å². The Bertz CT molecular complexity index is 3050. The predicted octanol–water partition coefficient (Wildman–Crippen LogP) is 8.14. The molecule has 8 aromatic rings. The van der Waals surface area contributed by atoms with Crippen LogP contribution in [0.4, 0.5) is 17.6 Å². The summed E-state index contributed by atoms with van der Waals surface area (Å²) < 4.78 is 69.3. The number of rotatable bonds is 7. The van der Waals surface area contributed by atoms with Crippen molar-refractivity contribution in [1.29, 1.82) is 0 Å². The van der Waals surface area contributed by atoms with E-state index in [1.165, 1.54) is 33.4 Å². The Hall–Kier alpha value is -7.43. The molecule has 0 aliphatic rings. The van der Waals surface area contributed by atoms with Crippen LogP contribution in [0.3, 0.4) is 0 Å². The fraction of sp³-hybridized carbons (Fsp3) is 0.150. The van der Waals surface area contributed by atoms with Crippen LogP contribution in [0.2, 0.25) is 0 Å². The largest absolute Gasteiger partial charge is 0.361 e. The molecule has 0 amide bonds. The quantitative estimate of drug-likeness (QED) is 0.0717. The molecule has 0 aliphatic carbocycles. The highest BCUT2D eigenvalue weighted by Gasteiger charge is 2.21. The van der Waals surface area contributed by atoms with Crippen molar-refractivity contribution < 1.29 is 26.6 Å². The normalized spacial score (nSPS) is 11.1. The van der Waals surface area contributed by atoms with Crippen LogP contribution in [0, 0.1) is 51.0 Å². The summed E-state index contributed by atoms with van der Waals surface area (Å²) in [6, 6.07) is 15.4. The van der Waals surface area contributed by atoms with Gasteiger partial charge < -0.3 is 14.8 Å². The molecule has 0 saturated carbocycles. The fourth-order valence-corrected chi connectivity index (χ4v) is 6.69. The molecule has 0 bridgehead atoms. The van der Waals surface area contributed by atoms with E-state index in [0.717, 1.165) is 24.3 Å². The van der Waals surface area contributed by atoms with Gasteiger partial charge in [-0.15, -0.1) is 0 Å². The lowest BCUT2D eigenvalue weighted by Gasteiger charge is -2.16. The number of nitrogens with zero attached hydrogens (tertiary/aromatic N) is 9. The maximum atomic E-state index is 14.7. The first-order chi connectivity index (χ1) is 27.8. The third-order valence-corrected chi connectivity index (χ3v) is 9.26. The Labute approximate surface area is 324 Å². The van der Waals surface area contributed by atoms with Gasteiger partial charge in [-0.1, -0.05) is 15.4 Å². The first-order valence-electron chi connectivity index (χ1n) is 17.4. The molecule has 58 heavy (non-hydrogen) atoms. The number of nitrogens with two attached hydrogens (primary N) is 1. The number of halogens is 4. The van der Waals surface area contributed by atoms with Crippen molar-refractivity contribution in [2.45, 2.75) is 40.8 Å². The van der Waals surface area contributed by atoms with Gasteiger partial charge in [0.2, 0.25) is 0 Å². The van der Waals surface area contributed by atoms with Crippen LogP contribution in [-0.2, 0) is 13.1 Å². The van der Waals surface area contributed by atoms with Crippen molar-refractivity contribution in [1.82, 2.24) is 29.4 Å². The van der Waals surface area contributed by atoms with E-state index in [9.17, 15) is 27.2 Å². The van der Waals surface area contributed by atoms with E-state index in [1.807, 2.05) is 0 Å². The van der Waals surface area contributed by atoms with Crippen LogP contribution < -0.4 is 16.6 Å². The van der Waals surface area contributed by atoms with Crippen molar-refractivity contribution in [2.75, 3.05) is 0 Å². The molecule has 0 fully saturated rings. The van der Waals surface area contributed by atoms with E-state index < -0.39 is 23.3 Å². The lowest BCUT2D eigenvalue weighted by Crippen LogP contribution is -2.18. The first kappa shape index (κ1) is 38.8. The fourth-order valence-electron chi connectivity index (χ4n) is 6.69. The van der Waals surface area contributed by atoms with Gasteiger partial charge in [-0.2, -0.15) is 0 Å². The number of fused-ring (bicyclic) bond motifs is 2. The maximum Gasteiger partial charge on any atom is 0.191 e. The van der Waals surface area contributed by atoms with Gasteiger partial charge in [0.25, 0.3) is 0 Å². The van der Waals surface area contributed by atoms with Gasteiger partial charge in [-0.25, -0.2) is 27.5 Å². The minimum atomic E-state index is -0.855. The number of azide groups is 1. The van der Waals surface area contributed by atoms with Gasteiger partial charge in [0.1, 0.15) is 46.1 Å². The van der Waals surface area contributed by atoms with E-state index in [4.69, 9.17) is 20.3 Å². The third-order valence-electron chi connectivity index (χ3n) is 9.26.